The quantitative estimate of drug-likeness (QED) is 0.617. The van der Waals surface area contributed by atoms with E-state index in [9.17, 15) is 0 Å². The van der Waals surface area contributed by atoms with Gasteiger partial charge in [-0.2, -0.15) is 0 Å². The zero-order valence-electron chi connectivity index (χ0n) is 12.8. The van der Waals surface area contributed by atoms with Crippen LogP contribution in [0.2, 0.25) is 0 Å². The normalized spacial score (nSPS) is 9.15. The van der Waals surface area contributed by atoms with Crippen LogP contribution in [0.25, 0.3) is 11.6 Å². The average Bonchev–Trinajstić information content (AvgIpc) is 2.48. The van der Waals surface area contributed by atoms with E-state index in [0.29, 0.717) is 0 Å². The highest BCUT2D eigenvalue weighted by Gasteiger charge is 1.91. The number of allylic oxidation sites excluding steroid dienone is 2. The first kappa shape index (κ1) is 16.0. The highest BCUT2D eigenvalue weighted by molar-refractivity contribution is 5.62. The van der Waals surface area contributed by atoms with Crippen molar-refractivity contribution in [3.8, 4) is 0 Å². The van der Waals surface area contributed by atoms with Gasteiger partial charge in [0, 0.05) is 0 Å². The molecule has 0 amide bonds. The lowest BCUT2D eigenvalue weighted by Gasteiger charge is -1.99. The van der Waals surface area contributed by atoms with Crippen molar-refractivity contribution in [1.82, 2.24) is 0 Å². The molecule has 0 saturated heterocycles. The van der Waals surface area contributed by atoms with E-state index in [1.807, 2.05) is 24.3 Å². The standard InChI is InChI=1S/2C10H12/c1-9(2)8-10-6-4-3-5-7-10;1-3-9(2)10-7-5-4-6-8-10/h3-8H,1-2H3;4-8H,2-3H2,1H3. The number of hydrogen-bond acceptors (Lipinski definition) is 0. The van der Waals surface area contributed by atoms with Gasteiger partial charge in [0.1, 0.15) is 0 Å². The summed E-state index contributed by atoms with van der Waals surface area (Å²) in [4.78, 5) is 0. The Morgan fingerprint density at radius 2 is 1.40 bits per heavy atom. The van der Waals surface area contributed by atoms with Crippen LogP contribution in [0.1, 0.15) is 38.3 Å². The predicted octanol–water partition coefficient (Wildman–Crippen LogP) is 6.22. The molecule has 0 radical (unpaired) electrons. The van der Waals surface area contributed by atoms with Crippen LogP contribution in [0.5, 0.6) is 0 Å². The molecule has 0 spiro atoms. The van der Waals surface area contributed by atoms with Crippen LogP contribution in [0.3, 0.4) is 0 Å². The van der Waals surface area contributed by atoms with E-state index < -0.39 is 0 Å². The molecule has 20 heavy (non-hydrogen) atoms. The summed E-state index contributed by atoms with van der Waals surface area (Å²) in [6, 6.07) is 20.6. The Kier molecular flexibility index (Phi) is 7.13. The first-order valence-corrected chi connectivity index (χ1v) is 7.06. The summed E-state index contributed by atoms with van der Waals surface area (Å²) in [5.74, 6) is 0. The van der Waals surface area contributed by atoms with Crippen molar-refractivity contribution < 1.29 is 0 Å². The number of rotatable bonds is 3. The van der Waals surface area contributed by atoms with Gasteiger partial charge in [-0.05, 0) is 37.0 Å². The molecule has 2 aromatic rings. The van der Waals surface area contributed by atoms with E-state index >= 15 is 0 Å². The zero-order valence-corrected chi connectivity index (χ0v) is 12.8. The second kappa shape index (κ2) is 8.92. The Balaban J connectivity index is 0.000000200. The van der Waals surface area contributed by atoms with Gasteiger partial charge >= 0.3 is 0 Å². The Morgan fingerprint density at radius 3 is 1.85 bits per heavy atom. The summed E-state index contributed by atoms with van der Waals surface area (Å²) in [6.45, 7) is 10.3. The van der Waals surface area contributed by atoms with Crippen LogP contribution < -0.4 is 0 Å². The Hall–Kier alpha value is -2.08. The molecular formula is C20H24. The molecule has 0 heteroatoms. The average molecular weight is 264 g/mol. The molecule has 0 heterocycles. The van der Waals surface area contributed by atoms with E-state index in [4.69, 9.17) is 0 Å². The summed E-state index contributed by atoms with van der Waals surface area (Å²) in [5, 5.41) is 0. The smallest absolute Gasteiger partial charge is 0.0231 e. The molecule has 0 fully saturated rings. The third kappa shape index (κ3) is 6.19. The summed E-state index contributed by atoms with van der Waals surface area (Å²) < 4.78 is 0. The van der Waals surface area contributed by atoms with Crippen molar-refractivity contribution in [3.63, 3.8) is 0 Å². The maximum atomic E-state index is 3.94. The molecular weight excluding hydrogens is 240 g/mol. The molecule has 0 atom stereocenters. The molecule has 0 aliphatic carbocycles. The zero-order chi connectivity index (χ0) is 14.8. The highest BCUT2D eigenvalue weighted by atomic mass is 14.0. The summed E-state index contributed by atoms with van der Waals surface area (Å²) >= 11 is 0. The van der Waals surface area contributed by atoms with Crippen molar-refractivity contribution >= 4 is 11.6 Å². The van der Waals surface area contributed by atoms with Crippen molar-refractivity contribution in [1.29, 1.82) is 0 Å². The van der Waals surface area contributed by atoms with E-state index in [0.717, 1.165) is 6.42 Å². The summed E-state index contributed by atoms with van der Waals surface area (Å²) in [7, 11) is 0. The van der Waals surface area contributed by atoms with Gasteiger partial charge in [-0.15, -0.1) is 0 Å². The summed E-state index contributed by atoms with van der Waals surface area (Å²) in [6.07, 6.45) is 3.20. The second-order valence-corrected chi connectivity index (χ2v) is 4.96. The van der Waals surface area contributed by atoms with E-state index in [-0.39, 0.29) is 0 Å². The number of benzene rings is 2. The van der Waals surface area contributed by atoms with Crippen LogP contribution in [0.15, 0.2) is 72.8 Å². The summed E-state index contributed by atoms with van der Waals surface area (Å²) in [5.41, 5.74) is 5.08. The molecule has 2 rings (SSSR count). The van der Waals surface area contributed by atoms with Crippen LogP contribution in [-0.4, -0.2) is 0 Å². The van der Waals surface area contributed by atoms with Gasteiger partial charge in [-0.3, -0.25) is 0 Å². The van der Waals surface area contributed by atoms with Gasteiger partial charge in [0.2, 0.25) is 0 Å². The maximum Gasteiger partial charge on any atom is -0.0231 e. The Labute approximate surface area is 123 Å². The fourth-order valence-electron chi connectivity index (χ4n) is 1.76. The minimum absolute atomic E-state index is 1.03. The van der Waals surface area contributed by atoms with Gasteiger partial charge in [-0.1, -0.05) is 85.8 Å². The van der Waals surface area contributed by atoms with E-state index in [1.54, 1.807) is 0 Å². The SMILES string of the molecule is C=C(CC)c1ccccc1.CC(C)=Cc1ccccc1. The van der Waals surface area contributed by atoms with Crippen molar-refractivity contribution in [2.75, 3.05) is 0 Å². The van der Waals surface area contributed by atoms with Crippen LogP contribution in [-0.2, 0) is 0 Å². The lowest BCUT2D eigenvalue weighted by Crippen LogP contribution is -1.77. The van der Waals surface area contributed by atoms with Gasteiger partial charge in [-0.25, -0.2) is 0 Å². The largest absolute Gasteiger partial charge is 0.0952 e. The van der Waals surface area contributed by atoms with Gasteiger partial charge in [0.15, 0.2) is 0 Å². The molecule has 0 aromatic heterocycles. The monoisotopic (exact) mass is 264 g/mol. The minimum Gasteiger partial charge on any atom is -0.0952 e. The van der Waals surface area contributed by atoms with E-state index in [1.165, 1.54) is 22.3 Å². The minimum atomic E-state index is 1.03. The molecule has 0 nitrogen and oxygen atoms in total. The first-order valence-electron chi connectivity index (χ1n) is 7.06. The molecule has 0 aliphatic heterocycles. The molecule has 0 unspecified atom stereocenters. The lowest BCUT2D eigenvalue weighted by molar-refractivity contribution is 1.24. The lowest BCUT2D eigenvalue weighted by atomic mass is 10.1. The topological polar surface area (TPSA) is 0 Å². The Bertz CT molecular complexity index is 529. The molecule has 0 saturated carbocycles. The van der Waals surface area contributed by atoms with Crippen LogP contribution in [0.4, 0.5) is 0 Å². The third-order valence-electron chi connectivity index (χ3n) is 2.86. The van der Waals surface area contributed by atoms with Crippen molar-refractivity contribution in [2.24, 2.45) is 0 Å². The molecule has 104 valence electrons. The molecule has 0 aliphatic rings. The van der Waals surface area contributed by atoms with Gasteiger partial charge in [0.25, 0.3) is 0 Å². The van der Waals surface area contributed by atoms with Gasteiger partial charge < -0.3 is 0 Å². The number of hydrogen-bond donors (Lipinski definition) is 0. The maximum absolute atomic E-state index is 3.94. The second-order valence-electron chi connectivity index (χ2n) is 4.96. The highest BCUT2D eigenvalue weighted by Crippen LogP contribution is 2.13. The fourth-order valence-corrected chi connectivity index (χ4v) is 1.76. The first-order chi connectivity index (χ1) is 9.63. The Morgan fingerprint density at radius 1 is 0.900 bits per heavy atom. The third-order valence-corrected chi connectivity index (χ3v) is 2.86. The molecule has 0 bridgehead atoms. The van der Waals surface area contributed by atoms with E-state index in [2.05, 4.69) is 69.8 Å². The predicted molar refractivity (Wildman–Crippen MR) is 91.5 cm³/mol. The fraction of sp³-hybridized carbons (Fsp3) is 0.200. The van der Waals surface area contributed by atoms with Crippen LogP contribution >= 0.6 is 0 Å². The van der Waals surface area contributed by atoms with Crippen molar-refractivity contribution in [2.45, 2.75) is 27.2 Å². The molecule has 0 N–H and O–H groups in total. The van der Waals surface area contributed by atoms with Crippen molar-refractivity contribution in [3.05, 3.63) is 83.9 Å². The van der Waals surface area contributed by atoms with Crippen LogP contribution in [0, 0.1) is 0 Å². The molecule has 2 aromatic carbocycles. The van der Waals surface area contributed by atoms with Gasteiger partial charge in [0.05, 0.1) is 0 Å².